The lowest BCUT2D eigenvalue weighted by molar-refractivity contribution is -0.904. The highest BCUT2D eigenvalue weighted by molar-refractivity contribution is 7.22. The summed E-state index contributed by atoms with van der Waals surface area (Å²) in [6.45, 7) is 4.12. The lowest BCUT2D eigenvalue weighted by Crippen LogP contribution is -2.48. The van der Waals surface area contributed by atoms with Crippen molar-refractivity contribution in [2.24, 2.45) is 0 Å². The number of hydrogen-bond donors (Lipinski definition) is 2. The first-order chi connectivity index (χ1) is 15.3. The summed E-state index contributed by atoms with van der Waals surface area (Å²) in [7, 11) is 0. The summed E-state index contributed by atoms with van der Waals surface area (Å²) in [5.41, 5.74) is 1.11. The molecule has 168 valence electrons. The fourth-order valence-corrected chi connectivity index (χ4v) is 4.74. The summed E-state index contributed by atoms with van der Waals surface area (Å²) < 4.78 is 30.6. The van der Waals surface area contributed by atoms with Crippen LogP contribution in [0.25, 0.3) is 21.0 Å². The number of piperidine rings is 1. The Bertz CT molecular complexity index is 1230. The maximum Gasteiger partial charge on any atom is 0.257 e. The second kappa shape index (κ2) is 8.51. The fourth-order valence-electron chi connectivity index (χ4n) is 3.84. The largest absolute Gasteiger partial charge is 0.301 e. The van der Waals surface area contributed by atoms with Gasteiger partial charge < -0.3 is 5.32 Å². The first-order valence-corrected chi connectivity index (χ1v) is 11.2. The zero-order valence-corrected chi connectivity index (χ0v) is 18.5. The molecule has 10 heteroatoms. The summed E-state index contributed by atoms with van der Waals surface area (Å²) in [6, 6.07) is 6.40. The average molecular weight is 462 g/mol. The van der Waals surface area contributed by atoms with Crippen molar-refractivity contribution in [1.82, 2.24) is 9.88 Å². The van der Waals surface area contributed by atoms with Gasteiger partial charge in [-0.1, -0.05) is 25.2 Å². The molecule has 32 heavy (non-hydrogen) atoms. The molecule has 0 bridgehead atoms. The summed E-state index contributed by atoms with van der Waals surface area (Å²) in [5, 5.41) is 13.8. The summed E-state index contributed by atoms with van der Waals surface area (Å²) in [6.07, 6.45) is 2.27. The number of hydrogen-bond acceptors (Lipinski definition) is 6. The third-order valence-electron chi connectivity index (χ3n) is 5.52. The van der Waals surface area contributed by atoms with Gasteiger partial charge in [0, 0.05) is 47.1 Å². The number of nitrogens with one attached hydrogen (secondary N) is 1. The van der Waals surface area contributed by atoms with Crippen molar-refractivity contribution >= 4 is 43.4 Å². The Morgan fingerprint density at radius 2 is 2.00 bits per heavy atom. The first-order valence-electron chi connectivity index (χ1n) is 10.4. The smallest absolute Gasteiger partial charge is 0.257 e. The third-order valence-corrected chi connectivity index (χ3v) is 6.46. The third kappa shape index (κ3) is 4.33. The molecule has 1 saturated heterocycles. The molecule has 1 aliphatic rings. The van der Waals surface area contributed by atoms with Crippen LogP contribution in [0.4, 0.5) is 13.9 Å². The molecule has 0 spiro atoms. The minimum Gasteiger partial charge on any atom is -0.301 e. The molecule has 1 amide bonds. The van der Waals surface area contributed by atoms with Gasteiger partial charge in [-0.05, 0) is 17.7 Å². The van der Waals surface area contributed by atoms with Crippen LogP contribution in [-0.2, 0) is 4.79 Å². The summed E-state index contributed by atoms with van der Waals surface area (Å²) >= 11 is 1.28. The molecule has 4 aromatic rings. The van der Waals surface area contributed by atoms with Crippen molar-refractivity contribution in [3.05, 3.63) is 52.4 Å². The number of nitrogens with zero attached hydrogens (tertiary/aromatic N) is 3. The van der Waals surface area contributed by atoms with Crippen LogP contribution in [0.15, 0.2) is 41.5 Å². The number of carbonyl (C=O) groups is 1. The average Bonchev–Trinajstić information content (AvgIpc) is 3.20. The van der Waals surface area contributed by atoms with E-state index in [0.29, 0.717) is 27.0 Å². The molecule has 1 atom stereocenters. The number of halogens is 2. The van der Waals surface area contributed by atoms with E-state index in [-0.39, 0.29) is 37.4 Å². The highest BCUT2D eigenvalue weighted by Gasteiger charge is 2.45. The predicted octanol–water partition coefficient (Wildman–Crippen LogP) is 3.30. The van der Waals surface area contributed by atoms with Crippen LogP contribution in [0.5, 0.6) is 0 Å². The van der Waals surface area contributed by atoms with E-state index in [9.17, 15) is 23.6 Å². The number of aromatic nitrogens is 2. The van der Waals surface area contributed by atoms with Gasteiger partial charge in [-0.2, -0.15) is 0 Å². The van der Waals surface area contributed by atoms with Gasteiger partial charge in [0.25, 0.3) is 5.92 Å². The lowest BCUT2D eigenvalue weighted by Gasteiger charge is -2.38. The molecule has 2 aromatic carbocycles. The van der Waals surface area contributed by atoms with Crippen LogP contribution in [0.1, 0.15) is 31.7 Å². The number of rotatable bonds is 4. The van der Waals surface area contributed by atoms with Crippen molar-refractivity contribution < 1.29 is 23.5 Å². The topological polar surface area (TPSA) is 86.4 Å². The van der Waals surface area contributed by atoms with E-state index in [0.717, 1.165) is 9.43 Å². The quantitative estimate of drug-likeness (QED) is 0.360. The monoisotopic (exact) mass is 461 g/mol. The van der Waals surface area contributed by atoms with E-state index in [1.54, 1.807) is 17.0 Å². The fraction of sp³-hybridized carbons (Fsp3) is 0.364. The minimum atomic E-state index is -2.89. The summed E-state index contributed by atoms with van der Waals surface area (Å²) in [4.78, 5) is 30.0. The van der Waals surface area contributed by atoms with Crippen molar-refractivity contribution in [3.8, 4) is 0 Å². The van der Waals surface area contributed by atoms with E-state index in [1.807, 2.05) is 13.8 Å². The second-order valence-electron chi connectivity index (χ2n) is 7.57. The van der Waals surface area contributed by atoms with Crippen LogP contribution in [0.2, 0.25) is 0 Å². The van der Waals surface area contributed by atoms with Gasteiger partial charge >= 0.3 is 0 Å². The lowest BCUT2D eigenvalue weighted by atomic mass is 9.87. The number of benzene rings is 1. The van der Waals surface area contributed by atoms with Crippen LogP contribution in [0, 0.1) is 0 Å². The van der Waals surface area contributed by atoms with E-state index in [1.165, 1.54) is 35.9 Å². The Kier molecular flexibility index (Phi) is 5.91. The van der Waals surface area contributed by atoms with E-state index in [4.69, 9.17) is 0 Å². The van der Waals surface area contributed by atoms with Gasteiger partial charge in [-0.3, -0.25) is 19.7 Å². The van der Waals surface area contributed by atoms with Crippen LogP contribution in [-0.4, -0.2) is 46.6 Å². The number of thiazole rings is 1. The van der Waals surface area contributed by atoms with Gasteiger partial charge in [0.2, 0.25) is 18.3 Å². The Hall–Kier alpha value is -2.98. The molecule has 2 N–H and O–H groups in total. The zero-order valence-electron chi connectivity index (χ0n) is 17.6. The molecule has 5 rings (SSSR count). The summed E-state index contributed by atoms with van der Waals surface area (Å²) in [5.74, 6) is -4.27. The standard InChI is InChI=1S/C20H16F2N4O3S.C2H6/c21-20(22)3-6-25(9-14(20)11-1-4-26(29)5-2-11)10-17(27)24-19-23-15-7-12-13(18(12)28)8-16(15)30-19;1-2/h1-2,4-5,7-8,14H,3,6,9-10H2,(H-,23,24,27,28,29);1-2H3/p+1. The second-order valence-corrected chi connectivity index (χ2v) is 8.60. The molecule has 3 heterocycles. The zero-order chi connectivity index (χ0) is 23.0. The molecule has 2 aromatic heterocycles. The highest BCUT2D eigenvalue weighted by Crippen LogP contribution is 2.40. The molecule has 7 nitrogen and oxygen atoms in total. The maximum absolute atomic E-state index is 14.5. The van der Waals surface area contributed by atoms with Crippen molar-refractivity contribution in [2.45, 2.75) is 32.1 Å². The van der Waals surface area contributed by atoms with E-state index in [2.05, 4.69) is 10.3 Å². The number of fused-ring (bicyclic) bond motifs is 2. The molecule has 0 radical (unpaired) electrons. The highest BCUT2D eigenvalue weighted by atomic mass is 32.1. The van der Waals surface area contributed by atoms with Crippen LogP contribution < -0.4 is 15.5 Å². The Morgan fingerprint density at radius 3 is 2.72 bits per heavy atom. The number of likely N-dealkylation sites (tertiary alicyclic amines) is 1. The molecule has 0 saturated carbocycles. The SMILES string of the molecule is CC.O=C(CN1CCC(F)(F)C(c2cc[n+](O)cc2)C1)Nc1nc2cc3c(=O)c3cc2s1. The first kappa shape index (κ1) is 22.2. The molecular weight excluding hydrogens is 438 g/mol. The van der Waals surface area contributed by atoms with Gasteiger partial charge in [0.15, 0.2) is 10.6 Å². The number of pyridine rings is 1. The Balaban J connectivity index is 0.00000119. The van der Waals surface area contributed by atoms with Gasteiger partial charge in [-0.25, -0.2) is 13.8 Å². The van der Waals surface area contributed by atoms with E-state index >= 15 is 0 Å². The minimum absolute atomic E-state index is 0.0235. The van der Waals surface area contributed by atoms with Crippen LogP contribution in [0.3, 0.4) is 0 Å². The van der Waals surface area contributed by atoms with Gasteiger partial charge in [0.05, 0.1) is 22.7 Å². The van der Waals surface area contributed by atoms with Gasteiger partial charge in [0.1, 0.15) is 0 Å². The molecular formula is C22H23F2N4O3S+. The number of alkyl halides is 2. The maximum atomic E-state index is 14.5. The number of anilines is 1. The molecule has 1 aliphatic heterocycles. The van der Waals surface area contributed by atoms with Crippen LogP contribution >= 0.6 is 11.3 Å². The number of carbonyl (C=O) groups excluding carboxylic acids is 1. The van der Waals surface area contributed by atoms with Crippen molar-refractivity contribution in [3.63, 3.8) is 0 Å². The molecule has 1 fully saturated rings. The molecule has 1 unspecified atom stereocenters. The normalized spacial score (nSPS) is 18.6. The van der Waals surface area contributed by atoms with E-state index < -0.39 is 11.8 Å². The van der Waals surface area contributed by atoms with Crippen molar-refractivity contribution in [1.29, 1.82) is 0 Å². The Labute approximate surface area is 186 Å². The Morgan fingerprint density at radius 1 is 1.31 bits per heavy atom. The number of amides is 1. The predicted molar refractivity (Wildman–Crippen MR) is 118 cm³/mol. The molecule has 0 aliphatic carbocycles. The van der Waals surface area contributed by atoms with Crippen molar-refractivity contribution in [2.75, 3.05) is 25.0 Å². The van der Waals surface area contributed by atoms with Gasteiger partial charge in [-0.15, -0.1) is 0 Å².